The number of nitrogens with zero attached hydrogens (tertiary/aromatic N) is 1. The number of aromatic amines is 3. The molecular weight excluding hydrogens is 849 g/mol. The number of nitrogens with one attached hydrogen (secondary N) is 3. The predicted molar refractivity (Wildman–Crippen MR) is 180 cm³/mol. The molecule has 0 saturated heterocycles. The molecular formula is C38H12ClF15N4O. The Labute approximate surface area is 321 Å². The summed E-state index contributed by atoms with van der Waals surface area (Å²) in [5, 5.41) is -1.45. The van der Waals surface area contributed by atoms with Gasteiger partial charge in [0.1, 0.15) is 0 Å². The molecule has 0 atom stereocenters. The zero-order valence-corrected chi connectivity index (χ0v) is 29.0. The number of aromatic nitrogens is 4. The second kappa shape index (κ2) is 13.8. The van der Waals surface area contributed by atoms with Crippen molar-refractivity contribution >= 4 is 49.9 Å². The molecule has 5 nitrogen and oxygen atoms in total. The van der Waals surface area contributed by atoms with Crippen molar-refractivity contribution in [3.8, 4) is 33.4 Å². The Kier molecular flexibility index (Phi) is 9.24. The lowest BCUT2D eigenvalue weighted by atomic mass is 9.98. The fourth-order valence-electron chi connectivity index (χ4n) is 6.95. The molecule has 8 bridgehead atoms. The molecule has 59 heavy (non-hydrogen) atoms. The van der Waals surface area contributed by atoms with E-state index < -0.39 is 178 Å². The Morgan fingerprint density at radius 1 is 0.407 bits per heavy atom. The van der Waals surface area contributed by atoms with E-state index in [0.29, 0.717) is 0 Å². The molecule has 1 aliphatic rings. The van der Waals surface area contributed by atoms with Crippen molar-refractivity contribution in [2.75, 3.05) is 0 Å². The van der Waals surface area contributed by atoms with Gasteiger partial charge in [-0.25, -0.2) is 65.9 Å². The molecule has 4 aromatic heterocycles. The van der Waals surface area contributed by atoms with Gasteiger partial charge in [-0.05, 0) is 54.8 Å². The number of carbonyl (C=O) groups is 1. The summed E-state index contributed by atoms with van der Waals surface area (Å²) in [7, 11) is 0. The molecule has 5 heterocycles. The van der Waals surface area contributed by atoms with Crippen LogP contribution in [0.1, 0.15) is 21.7 Å². The Balaban J connectivity index is 1.69. The maximum absolute atomic E-state index is 15.7. The molecule has 0 aliphatic carbocycles. The third-order valence-electron chi connectivity index (χ3n) is 9.57. The molecule has 7 aromatic rings. The van der Waals surface area contributed by atoms with Gasteiger partial charge >= 0.3 is 0 Å². The lowest BCUT2D eigenvalue weighted by Gasteiger charge is -2.11. The average molecular weight is 861 g/mol. The van der Waals surface area contributed by atoms with Crippen LogP contribution < -0.4 is 0 Å². The van der Waals surface area contributed by atoms with Crippen LogP contribution >= 0.6 is 11.6 Å². The van der Waals surface area contributed by atoms with E-state index in [9.17, 15) is 44.3 Å². The van der Waals surface area contributed by atoms with E-state index in [1.807, 2.05) is 0 Å². The van der Waals surface area contributed by atoms with Gasteiger partial charge in [0.2, 0.25) is 17.5 Å². The maximum Gasteiger partial charge on any atom is 0.254 e. The molecule has 302 valence electrons. The number of H-pyrrole nitrogens is 3. The average Bonchev–Trinajstić information content (AvgIpc) is 4.05. The quantitative estimate of drug-likeness (QED) is 0.0713. The van der Waals surface area contributed by atoms with Crippen LogP contribution in [0, 0.1) is 87.3 Å². The lowest BCUT2D eigenvalue weighted by Crippen LogP contribution is -2.06. The molecule has 0 amide bonds. The summed E-state index contributed by atoms with van der Waals surface area (Å²) in [6.45, 7) is 0. The van der Waals surface area contributed by atoms with Gasteiger partial charge in [-0.2, -0.15) is 0 Å². The van der Waals surface area contributed by atoms with Crippen molar-refractivity contribution in [2.45, 2.75) is 12.8 Å². The summed E-state index contributed by atoms with van der Waals surface area (Å²) in [6.07, 6.45) is -1.23. The zero-order valence-electron chi connectivity index (χ0n) is 28.2. The number of hydrogen-bond donors (Lipinski definition) is 3. The van der Waals surface area contributed by atoms with Gasteiger partial charge in [-0.3, -0.25) is 9.78 Å². The second-order valence-corrected chi connectivity index (χ2v) is 13.1. The van der Waals surface area contributed by atoms with Crippen LogP contribution in [0.25, 0.3) is 66.5 Å². The summed E-state index contributed by atoms with van der Waals surface area (Å²) in [4.78, 5) is 24.4. The van der Waals surface area contributed by atoms with Crippen molar-refractivity contribution in [3.05, 3.63) is 135 Å². The van der Waals surface area contributed by atoms with Crippen molar-refractivity contribution in [1.29, 1.82) is 0 Å². The van der Waals surface area contributed by atoms with E-state index in [1.54, 1.807) is 0 Å². The molecule has 0 saturated carbocycles. The van der Waals surface area contributed by atoms with E-state index in [-0.39, 0.29) is 11.0 Å². The molecule has 8 rings (SSSR count). The van der Waals surface area contributed by atoms with E-state index in [4.69, 9.17) is 11.6 Å². The lowest BCUT2D eigenvalue weighted by molar-refractivity contribution is 0.108. The fourth-order valence-corrected chi connectivity index (χ4v) is 7.10. The summed E-state index contributed by atoms with van der Waals surface area (Å²) >= 11 is 5.81. The van der Waals surface area contributed by atoms with Crippen molar-refractivity contribution in [3.63, 3.8) is 0 Å². The number of rotatable bonds is 4. The van der Waals surface area contributed by atoms with Gasteiger partial charge in [0.15, 0.2) is 69.8 Å². The first-order chi connectivity index (χ1) is 27.8. The Morgan fingerprint density at radius 3 is 1.08 bits per heavy atom. The molecule has 0 spiro atoms. The smallest absolute Gasteiger partial charge is 0.254 e. The number of aryl methyl sites for hydroxylation is 2. The van der Waals surface area contributed by atoms with Gasteiger partial charge in [0.25, 0.3) is 5.24 Å². The Bertz CT molecular complexity index is 3080. The molecule has 3 N–H and O–H groups in total. The minimum Gasteiger partial charge on any atom is -0.354 e. The normalized spacial score (nSPS) is 12.3. The largest absolute Gasteiger partial charge is 0.354 e. The summed E-state index contributed by atoms with van der Waals surface area (Å²) in [6, 6.07) is 4.48. The highest BCUT2D eigenvalue weighted by Gasteiger charge is 2.34. The van der Waals surface area contributed by atoms with Gasteiger partial charge < -0.3 is 15.0 Å². The summed E-state index contributed by atoms with van der Waals surface area (Å²) < 4.78 is 225. The monoisotopic (exact) mass is 860 g/mol. The molecule has 0 radical (unpaired) electrons. The van der Waals surface area contributed by atoms with Gasteiger partial charge in [-0.1, -0.05) is 0 Å². The number of halogens is 16. The van der Waals surface area contributed by atoms with Gasteiger partial charge in [0.05, 0.1) is 50.2 Å². The highest BCUT2D eigenvalue weighted by atomic mass is 35.5. The van der Waals surface area contributed by atoms with E-state index in [2.05, 4.69) is 19.9 Å². The topological polar surface area (TPSA) is 77.3 Å². The molecule has 0 unspecified atom stereocenters. The Morgan fingerprint density at radius 2 is 0.712 bits per heavy atom. The predicted octanol–water partition coefficient (Wildman–Crippen LogP) is 11.8. The number of carbonyl (C=O) groups excluding carboxylic acids is 1. The minimum absolute atomic E-state index is 0.248. The fraction of sp³-hybridized carbons (Fsp3) is 0.0526. The second-order valence-electron chi connectivity index (χ2n) is 12.8. The standard InChI is InChI=1S/C38H12ClF15N4O/c39-38(59)8-7-15-9-1-2-10(55-9)16(19-22(40)28(46)34(52)29(47)23(19)41)11-3-4-12(56-11)17(20-24(42)30(48)35(53)31(49)25(20)43)13-5-6-14(57-13)18(37(8)58-15)21-26(44)32(50)36(54)33(51)27(21)45/h1-2,5-7,55,57-58H,3-4H2. The maximum atomic E-state index is 15.7. The SMILES string of the molecule is O=C(Cl)c1cc2[nH]c1c(-c1c(F)c(F)c(F)c(F)c1F)c1ccc([nH]1)c(-c1c(F)c(F)c(F)c(F)c1F)c1nc(c(-c3c(F)c(F)c(F)c(F)c3F)c3ccc2[nH]3)CC1. The van der Waals surface area contributed by atoms with Crippen LogP contribution in [0.4, 0.5) is 65.9 Å². The summed E-state index contributed by atoms with van der Waals surface area (Å²) in [5.41, 5.74) is -13.5. The highest BCUT2D eigenvalue weighted by molar-refractivity contribution is 6.68. The number of hydrogen-bond acceptors (Lipinski definition) is 2. The van der Waals surface area contributed by atoms with Crippen LogP contribution in [0.15, 0.2) is 30.3 Å². The van der Waals surface area contributed by atoms with Crippen LogP contribution in [0.5, 0.6) is 0 Å². The van der Waals surface area contributed by atoms with E-state index >= 15 is 26.3 Å². The first-order valence-corrected chi connectivity index (χ1v) is 16.7. The Hall–Kier alpha value is -6.44. The van der Waals surface area contributed by atoms with E-state index in [0.717, 1.165) is 30.3 Å². The molecule has 0 fully saturated rings. The third kappa shape index (κ3) is 5.74. The van der Waals surface area contributed by atoms with Crippen LogP contribution in [-0.2, 0) is 12.8 Å². The van der Waals surface area contributed by atoms with Crippen LogP contribution in [0.3, 0.4) is 0 Å². The first-order valence-electron chi connectivity index (χ1n) is 16.3. The molecule has 21 heteroatoms. The van der Waals surface area contributed by atoms with E-state index in [1.165, 1.54) is 0 Å². The zero-order chi connectivity index (χ0) is 42.7. The number of benzene rings is 3. The third-order valence-corrected chi connectivity index (χ3v) is 9.78. The van der Waals surface area contributed by atoms with Crippen molar-refractivity contribution < 1.29 is 70.7 Å². The van der Waals surface area contributed by atoms with Gasteiger partial charge in [-0.15, -0.1) is 0 Å². The molecule has 3 aromatic carbocycles. The summed E-state index contributed by atoms with van der Waals surface area (Å²) in [5.74, 6) is -37.3. The van der Waals surface area contributed by atoms with Crippen molar-refractivity contribution in [1.82, 2.24) is 19.9 Å². The van der Waals surface area contributed by atoms with Crippen LogP contribution in [-0.4, -0.2) is 25.2 Å². The highest BCUT2D eigenvalue weighted by Crippen LogP contribution is 2.43. The minimum atomic E-state index is -2.62. The van der Waals surface area contributed by atoms with Crippen LogP contribution in [0.2, 0.25) is 0 Å². The first kappa shape index (κ1) is 39.4. The number of fused-ring (bicyclic) bond motifs is 9. The van der Waals surface area contributed by atoms with Crippen molar-refractivity contribution in [2.24, 2.45) is 0 Å². The van der Waals surface area contributed by atoms with Gasteiger partial charge in [0, 0.05) is 33.2 Å². The molecule has 1 aliphatic heterocycles.